The Balaban J connectivity index is 2.01. The van der Waals surface area contributed by atoms with Crippen LogP contribution in [-0.2, 0) is 4.79 Å². The molecule has 2 aromatic carbocycles. The van der Waals surface area contributed by atoms with Crippen molar-refractivity contribution < 1.29 is 19.0 Å². The Morgan fingerprint density at radius 3 is 2.17 bits per heavy atom. The lowest BCUT2D eigenvalue weighted by molar-refractivity contribution is -0.122. The van der Waals surface area contributed by atoms with Crippen LogP contribution in [0.1, 0.15) is 6.92 Å². The van der Waals surface area contributed by atoms with Gasteiger partial charge in [0.05, 0.1) is 24.9 Å². The molecule has 1 N–H and O–H groups in total. The molecule has 0 aromatic heterocycles. The zero-order valence-electron chi connectivity index (χ0n) is 13.1. The van der Waals surface area contributed by atoms with Crippen LogP contribution in [0, 0.1) is 0 Å². The highest BCUT2D eigenvalue weighted by atomic mass is 35.5. The highest BCUT2D eigenvalue weighted by Gasteiger charge is 2.16. The molecule has 1 amide bonds. The molecule has 0 saturated carbocycles. The van der Waals surface area contributed by atoms with Crippen LogP contribution in [0.5, 0.6) is 17.2 Å². The topological polar surface area (TPSA) is 56.8 Å². The highest BCUT2D eigenvalue weighted by Crippen LogP contribution is 2.27. The fraction of sp³-hybridized carbons (Fsp3) is 0.235. The van der Waals surface area contributed by atoms with Crippen molar-refractivity contribution in [2.24, 2.45) is 0 Å². The molecule has 0 aliphatic heterocycles. The molecule has 2 rings (SSSR count). The Morgan fingerprint density at radius 2 is 1.57 bits per heavy atom. The second-order valence-electron chi connectivity index (χ2n) is 4.77. The fourth-order valence-corrected chi connectivity index (χ4v) is 2.04. The standard InChI is InChI=1S/C17H18ClNO4/c1-11(23-13-6-4-12(21-2)5-7-13)17(20)19-16-10-14(22-3)8-9-15(16)18/h4-11H,1-3H3,(H,19,20). The summed E-state index contributed by atoms with van der Waals surface area (Å²) in [4.78, 5) is 12.2. The van der Waals surface area contributed by atoms with Crippen LogP contribution in [0.3, 0.4) is 0 Å². The van der Waals surface area contributed by atoms with E-state index in [1.54, 1.807) is 63.6 Å². The summed E-state index contributed by atoms with van der Waals surface area (Å²) in [7, 11) is 3.13. The Labute approximate surface area is 140 Å². The van der Waals surface area contributed by atoms with Gasteiger partial charge in [-0.05, 0) is 43.3 Å². The summed E-state index contributed by atoms with van der Waals surface area (Å²) in [5.74, 6) is 1.59. The fourth-order valence-electron chi connectivity index (χ4n) is 1.87. The lowest BCUT2D eigenvalue weighted by Crippen LogP contribution is -2.30. The van der Waals surface area contributed by atoms with E-state index in [0.29, 0.717) is 22.2 Å². The predicted octanol–water partition coefficient (Wildman–Crippen LogP) is 3.76. The number of benzene rings is 2. The van der Waals surface area contributed by atoms with E-state index in [-0.39, 0.29) is 5.91 Å². The maximum Gasteiger partial charge on any atom is 0.265 e. The van der Waals surface area contributed by atoms with Gasteiger partial charge in [-0.2, -0.15) is 0 Å². The third kappa shape index (κ3) is 4.53. The molecule has 23 heavy (non-hydrogen) atoms. The molecule has 5 nitrogen and oxygen atoms in total. The van der Waals surface area contributed by atoms with Crippen LogP contribution >= 0.6 is 11.6 Å². The highest BCUT2D eigenvalue weighted by molar-refractivity contribution is 6.33. The second-order valence-corrected chi connectivity index (χ2v) is 5.18. The van der Waals surface area contributed by atoms with E-state index >= 15 is 0 Å². The molecule has 1 unspecified atom stereocenters. The number of amides is 1. The summed E-state index contributed by atoms with van der Waals surface area (Å²) < 4.78 is 15.8. The Morgan fingerprint density at radius 1 is 1.00 bits per heavy atom. The van der Waals surface area contributed by atoms with Crippen LogP contribution in [0.25, 0.3) is 0 Å². The molecule has 0 heterocycles. The van der Waals surface area contributed by atoms with Crippen molar-refractivity contribution in [2.45, 2.75) is 13.0 Å². The van der Waals surface area contributed by atoms with Gasteiger partial charge in [0.25, 0.3) is 5.91 Å². The Hall–Kier alpha value is -2.40. The van der Waals surface area contributed by atoms with Gasteiger partial charge in [-0.1, -0.05) is 11.6 Å². The lowest BCUT2D eigenvalue weighted by Gasteiger charge is -2.16. The van der Waals surface area contributed by atoms with E-state index < -0.39 is 6.10 Å². The normalized spacial score (nSPS) is 11.5. The van der Waals surface area contributed by atoms with Crippen molar-refractivity contribution in [3.05, 3.63) is 47.5 Å². The van der Waals surface area contributed by atoms with E-state index in [1.165, 1.54) is 0 Å². The van der Waals surface area contributed by atoms with Gasteiger partial charge in [-0.25, -0.2) is 0 Å². The molecule has 122 valence electrons. The number of carbonyl (C=O) groups excluding carboxylic acids is 1. The quantitative estimate of drug-likeness (QED) is 0.873. The van der Waals surface area contributed by atoms with Gasteiger partial charge in [0.2, 0.25) is 0 Å². The third-order valence-corrected chi connectivity index (χ3v) is 3.50. The van der Waals surface area contributed by atoms with Gasteiger partial charge in [0, 0.05) is 6.07 Å². The number of methoxy groups -OCH3 is 2. The Kier molecular flexibility index (Phi) is 5.71. The van der Waals surface area contributed by atoms with Crippen LogP contribution in [0.2, 0.25) is 5.02 Å². The van der Waals surface area contributed by atoms with Crippen molar-refractivity contribution in [2.75, 3.05) is 19.5 Å². The van der Waals surface area contributed by atoms with Crippen molar-refractivity contribution in [1.82, 2.24) is 0 Å². The molecule has 0 bridgehead atoms. The number of hydrogen-bond donors (Lipinski definition) is 1. The number of ether oxygens (including phenoxy) is 3. The average molecular weight is 336 g/mol. The second kappa shape index (κ2) is 7.74. The van der Waals surface area contributed by atoms with Gasteiger partial charge >= 0.3 is 0 Å². The van der Waals surface area contributed by atoms with Crippen molar-refractivity contribution in [3.63, 3.8) is 0 Å². The smallest absolute Gasteiger partial charge is 0.265 e. The zero-order chi connectivity index (χ0) is 16.8. The largest absolute Gasteiger partial charge is 0.497 e. The molecule has 0 fully saturated rings. The Bertz CT molecular complexity index is 673. The number of nitrogens with one attached hydrogen (secondary N) is 1. The van der Waals surface area contributed by atoms with E-state index in [4.69, 9.17) is 25.8 Å². The number of carbonyl (C=O) groups is 1. The third-order valence-electron chi connectivity index (χ3n) is 3.17. The minimum atomic E-state index is -0.689. The molecule has 1 atom stereocenters. The van der Waals surface area contributed by atoms with E-state index in [2.05, 4.69) is 5.32 Å². The van der Waals surface area contributed by atoms with Gasteiger partial charge in [0.15, 0.2) is 6.10 Å². The molecule has 6 heteroatoms. The van der Waals surface area contributed by atoms with Crippen molar-refractivity contribution >= 4 is 23.2 Å². The molecular weight excluding hydrogens is 318 g/mol. The van der Waals surface area contributed by atoms with E-state index in [0.717, 1.165) is 5.75 Å². The molecular formula is C17H18ClNO4. The van der Waals surface area contributed by atoms with Crippen LogP contribution < -0.4 is 19.5 Å². The SMILES string of the molecule is COc1ccc(OC(C)C(=O)Nc2cc(OC)ccc2Cl)cc1. The maximum absolute atomic E-state index is 12.2. The molecule has 0 radical (unpaired) electrons. The number of anilines is 1. The summed E-state index contributed by atoms with van der Waals surface area (Å²) in [6.07, 6.45) is -0.689. The summed E-state index contributed by atoms with van der Waals surface area (Å²) in [6.45, 7) is 1.66. The number of hydrogen-bond acceptors (Lipinski definition) is 4. The van der Waals surface area contributed by atoms with Gasteiger partial charge in [0.1, 0.15) is 17.2 Å². The van der Waals surface area contributed by atoms with Crippen molar-refractivity contribution in [3.8, 4) is 17.2 Å². The zero-order valence-corrected chi connectivity index (χ0v) is 13.9. The monoisotopic (exact) mass is 335 g/mol. The first kappa shape index (κ1) is 17.0. The molecule has 0 aliphatic rings. The maximum atomic E-state index is 12.2. The van der Waals surface area contributed by atoms with Crippen molar-refractivity contribution in [1.29, 1.82) is 0 Å². The van der Waals surface area contributed by atoms with Crippen LogP contribution in [-0.4, -0.2) is 26.2 Å². The molecule has 0 saturated heterocycles. The first-order valence-electron chi connectivity index (χ1n) is 6.98. The molecule has 0 aliphatic carbocycles. The molecule has 0 spiro atoms. The number of halogens is 1. The summed E-state index contributed by atoms with van der Waals surface area (Å²) in [5.41, 5.74) is 0.473. The van der Waals surface area contributed by atoms with E-state index in [1.807, 2.05) is 0 Å². The predicted molar refractivity (Wildman–Crippen MR) is 89.7 cm³/mol. The summed E-state index contributed by atoms with van der Waals surface area (Å²) >= 11 is 6.07. The van der Waals surface area contributed by atoms with E-state index in [9.17, 15) is 4.79 Å². The summed E-state index contributed by atoms with van der Waals surface area (Å²) in [5, 5.41) is 3.15. The van der Waals surface area contributed by atoms with Crippen LogP contribution in [0.4, 0.5) is 5.69 Å². The first-order valence-corrected chi connectivity index (χ1v) is 7.36. The minimum Gasteiger partial charge on any atom is -0.497 e. The van der Waals surface area contributed by atoms with Gasteiger partial charge in [-0.15, -0.1) is 0 Å². The van der Waals surface area contributed by atoms with Gasteiger partial charge in [-0.3, -0.25) is 4.79 Å². The lowest BCUT2D eigenvalue weighted by atomic mass is 10.2. The average Bonchev–Trinajstić information content (AvgIpc) is 2.57. The minimum absolute atomic E-state index is 0.309. The first-order chi connectivity index (χ1) is 11.0. The summed E-state index contributed by atoms with van der Waals surface area (Å²) in [6, 6.07) is 12.0. The van der Waals surface area contributed by atoms with Crippen LogP contribution in [0.15, 0.2) is 42.5 Å². The molecule has 2 aromatic rings. The number of rotatable bonds is 6. The van der Waals surface area contributed by atoms with Gasteiger partial charge < -0.3 is 19.5 Å².